The van der Waals surface area contributed by atoms with Crippen LogP contribution in [0.2, 0.25) is 0 Å². The topological polar surface area (TPSA) is 353 Å². The van der Waals surface area contributed by atoms with Crippen LogP contribution in [-0.4, -0.2) is 159 Å². The van der Waals surface area contributed by atoms with Crippen LogP contribution in [0.5, 0.6) is 5.75 Å². The summed E-state index contributed by atoms with van der Waals surface area (Å²) >= 11 is 0. The first-order valence-electron chi connectivity index (χ1n) is 43.9. The predicted molar refractivity (Wildman–Crippen MR) is 510 cm³/mol. The highest BCUT2D eigenvalue weighted by molar-refractivity contribution is 6.09. The lowest BCUT2D eigenvalue weighted by Crippen LogP contribution is -2.34. The average Bonchev–Trinajstić information content (AvgIpc) is 1.80. The van der Waals surface area contributed by atoms with Gasteiger partial charge in [-0.25, -0.2) is 24.8 Å². The van der Waals surface area contributed by atoms with Crippen LogP contribution in [0, 0.1) is 0 Å². The van der Waals surface area contributed by atoms with Crippen LogP contribution in [0.3, 0.4) is 0 Å². The van der Waals surface area contributed by atoms with E-state index in [4.69, 9.17) is 37.9 Å². The van der Waals surface area contributed by atoms with Gasteiger partial charge in [0, 0.05) is 135 Å². The summed E-state index contributed by atoms with van der Waals surface area (Å²) in [4.78, 5) is 122. The van der Waals surface area contributed by atoms with Gasteiger partial charge in [-0.05, 0) is 194 Å². The van der Waals surface area contributed by atoms with Crippen molar-refractivity contribution in [1.29, 1.82) is 0 Å². The molecule has 8 aromatic rings. The molecule has 4 aliphatic rings. The smallest absolute Gasteiger partial charge is 0.341 e. The zero-order chi connectivity index (χ0) is 90.9. The third kappa shape index (κ3) is 28.3. The molecule has 10 N–H and O–H groups in total. The van der Waals surface area contributed by atoms with Crippen molar-refractivity contribution >= 4 is 118 Å². The molecule has 8 aromatic carbocycles. The molecule has 0 saturated heterocycles. The van der Waals surface area contributed by atoms with Crippen LogP contribution in [-0.2, 0) is 57.6 Å². The minimum atomic E-state index is -1.02. The number of ketones is 2. The molecule has 0 spiro atoms. The third-order valence-electron chi connectivity index (χ3n) is 21.2. The number of rotatable bonds is 34. The normalized spacial score (nSPS) is 12.9. The van der Waals surface area contributed by atoms with Crippen molar-refractivity contribution in [2.75, 3.05) is 59.0 Å². The Morgan fingerprint density at radius 1 is 0.317 bits per heavy atom. The van der Waals surface area contributed by atoms with Crippen molar-refractivity contribution in [3.05, 3.63) is 231 Å². The molecule has 0 aromatic heterocycles. The Hall–Kier alpha value is -13.4. The Kier molecular flexibility index (Phi) is 36.7. The summed E-state index contributed by atoms with van der Waals surface area (Å²) < 4.78 is 5.19. The Morgan fingerprint density at radius 3 is 0.802 bits per heavy atom. The van der Waals surface area contributed by atoms with Gasteiger partial charge in [-0.2, -0.15) is 0 Å². The van der Waals surface area contributed by atoms with Crippen molar-refractivity contribution in [3.8, 4) is 50.3 Å². The van der Waals surface area contributed by atoms with Crippen LogP contribution in [0.1, 0.15) is 192 Å². The number of Topliss-reactive ketones (excluding diaryl/α,β-unsaturated/α-hetero) is 2. The molecule has 4 aliphatic heterocycles. The van der Waals surface area contributed by atoms with Crippen molar-refractivity contribution < 1.29 is 53.3 Å². The first-order valence-corrected chi connectivity index (χ1v) is 43.9. The zero-order valence-electron chi connectivity index (χ0n) is 74.6. The van der Waals surface area contributed by atoms with E-state index in [0.29, 0.717) is 95.6 Å². The minimum absolute atomic E-state index is 0.0000247. The second-order valence-electron chi connectivity index (χ2n) is 32.0. The number of aliphatic carboxylic acids is 2. The number of nitrogens with zero attached hydrogens (tertiary/aromatic N) is 8. The van der Waals surface area contributed by atoms with E-state index < -0.39 is 11.9 Å². The van der Waals surface area contributed by atoms with Gasteiger partial charge in [0.05, 0.1) is 29.2 Å². The number of nitrogens with two attached hydrogens (primary N) is 4. The fraction of sp³-hybridized carbons (Fsp3) is 0.340. The quantitative estimate of drug-likeness (QED) is 0.0218. The summed E-state index contributed by atoms with van der Waals surface area (Å²) in [6.45, 7) is 25.3. The van der Waals surface area contributed by atoms with Gasteiger partial charge in [0.1, 0.15) is 40.7 Å². The maximum absolute atomic E-state index is 13.1. The number of carboxylic acids is 2. The molecule has 0 atom stereocenters. The van der Waals surface area contributed by atoms with E-state index >= 15 is 0 Å². The van der Waals surface area contributed by atoms with Gasteiger partial charge in [-0.15, -0.1) is 0 Å². The monoisotopic (exact) mass is 1700 g/mol. The molecule has 0 fully saturated rings. The number of carbonyl (C=O) groups is 8. The molecule has 23 nitrogen and oxygen atoms in total. The number of aliphatic imine (C=N–C) groups is 4. The number of benzene rings is 8. The van der Waals surface area contributed by atoms with Gasteiger partial charge in [0.15, 0.2) is 6.61 Å². The van der Waals surface area contributed by atoms with Crippen LogP contribution in [0.4, 0.5) is 22.7 Å². The number of amides is 4. The molecular formula is C103H122N12O11. The summed E-state index contributed by atoms with van der Waals surface area (Å²) in [6, 6.07) is 54.7. The van der Waals surface area contributed by atoms with E-state index in [0.717, 1.165) is 211 Å². The second-order valence-corrected chi connectivity index (χ2v) is 32.0. The first-order chi connectivity index (χ1) is 60.6. The van der Waals surface area contributed by atoms with E-state index in [1.165, 1.54) is 0 Å². The fourth-order valence-corrected chi connectivity index (χ4v) is 15.2. The van der Waals surface area contributed by atoms with Gasteiger partial charge in [0.25, 0.3) is 0 Å². The summed E-state index contributed by atoms with van der Waals surface area (Å²) in [6.07, 6.45) is 18.1. The first kappa shape index (κ1) is 96.4. The summed E-state index contributed by atoms with van der Waals surface area (Å²) in [7, 11) is 0. The minimum Gasteiger partial charge on any atom is -0.482 e. The van der Waals surface area contributed by atoms with E-state index in [2.05, 4.69) is 106 Å². The largest absolute Gasteiger partial charge is 0.482 e. The SMILES string of the molecule is CCCN(CCC)C(=O)C1=Cc2ccc(-c3ccc(CC(=O)O)cc3)cc2N=C(N)C1.CCCN(CCC)C(=O)C1=Cc2ccc(-c3ccc(CC(C)=O)cc3)cc2N=C(N)C1.CCCN(CCC)C(=O)C1=Cc2ccc(-c3ccc(CCC(C)=O)cc3)cc2N=C(N)C1.CCCN(CCC)C(=O)C1=Cc2ccc(-c3ccc(OCC(=O)O)cc3)cc2N=C(N)C1. The Bertz CT molecular complexity index is 5100. The van der Waals surface area contributed by atoms with Crippen molar-refractivity contribution in [3.63, 3.8) is 0 Å². The number of amidine groups is 4. The molecule has 4 heterocycles. The molecule has 0 aliphatic carbocycles. The van der Waals surface area contributed by atoms with Gasteiger partial charge in [-0.3, -0.25) is 28.8 Å². The molecule has 12 rings (SSSR count). The lowest BCUT2D eigenvalue weighted by atomic mass is 9.99. The Labute approximate surface area is 741 Å². The van der Waals surface area contributed by atoms with E-state index in [-0.39, 0.29) is 48.2 Å². The predicted octanol–water partition coefficient (Wildman–Crippen LogP) is 18.9. The maximum Gasteiger partial charge on any atom is 0.341 e. The molecule has 0 bridgehead atoms. The molecule has 23 heteroatoms. The van der Waals surface area contributed by atoms with Crippen LogP contribution < -0.4 is 27.7 Å². The van der Waals surface area contributed by atoms with Crippen molar-refractivity contribution in [2.24, 2.45) is 42.9 Å². The highest BCUT2D eigenvalue weighted by Gasteiger charge is 2.27. The molecule has 4 amide bonds. The Morgan fingerprint density at radius 2 is 0.563 bits per heavy atom. The summed E-state index contributed by atoms with van der Waals surface area (Å²) in [5.74, 6) is 0.815. The van der Waals surface area contributed by atoms with Crippen LogP contribution >= 0.6 is 0 Å². The number of aryl methyl sites for hydroxylation is 1. The average molecular weight is 1700 g/mol. The number of carbonyl (C=O) groups excluding carboxylic acids is 6. The van der Waals surface area contributed by atoms with E-state index in [1.54, 1.807) is 26.0 Å². The van der Waals surface area contributed by atoms with Crippen molar-refractivity contribution in [2.45, 2.75) is 172 Å². The van der Waals surface area contributed by atoms with Gasteiger partial charge < -0.3 is 62.3 Å². The van der Waals surface area contributed by atoms with Crippen LogP contribution in [0.15, 0.2) is 212 Å². The molecule has 126 heavy (non-hydrogen) atoms. The lowest BCUT2D eigenvalue weighted by Gasteiger charge is -2.22. The second kappa shape index (κ2) is 48.0. The maximum atomic E-state index is 13.1. The number of hydrogen-bond acceptors (Lipinski definition) is 17. The molecule has 660 valence electrons. The fourth-order valence-electron chi connectivity index (χ4n) is 15.2. The van der Waals surface area contributed by atoms with Crippen molar-refractivity contribution in [1.82, 2.24) is 19.6 Å². The third-order valence-corrected chi connectivity index (χ3v) is 21.2. The molecule has 0 radical (unpaired) electrons. The summed E-state index contributed by atoms with van der Waals surface area (Å²) in [5.41, 5.74) is 44.8. The standard InChI is InChI=1S/C27H33N3O2.C26H31N3O2.C25H29N3O4.C25H29N3O3/c1-4-14-30(15-5-2)27(32)24-16-23-13-12-22(17-25(23)29-26(28)18-24)21-10-8-20(9-11-21)7-6-19(3)31;1-4-12-29(13-5-2)26(31)23-15-22-11-10-21(16-24(22)28-25(27)17-23)20-8-6-19(7-9-20)14-18(3)30;1-3-11-28(12-4-2)25(31)20-13-19-6-5-18(14-22(19)27-23(26)15-20)17-7-9-21(10-8-17)32-16-24(29)30;1-3-11-28(12-4-2)25(31)21-14-20-10-9-19(15-22(20)27-23(26)16-21)18-7-5-17(6-8-18)13-24(29)30/h8-13,16-17H,4-7,14-15,18H2,1-3H3,(H2,28,29);6-11,15-16H,4-5,12-14,17H2,1-3H3,(H2,27,28);5-10,13-14H,3-4,11-12,15-16H2,1-2H3,(H2,26,27)(H,29,30);5-10,14-15H,3-4,11-13,16H2,1-2H3,(H2,26,27)(H,29,30). The highest BCUT2D eigenvalue weighted by Crippen LogP contribution is 2.38. The number of fused-ring (bicyclic) bond motifs is 4. The molecule has 0 saturated carbocycles. The number of hydrogen-bond donors (Lipinski definition) is 6. The van der Waals surface area contributed by atoms with Gasteiger partial charge >= 0.3 is 11.9 Å². The van der Waals surface area contributed by atoms with E-state index in [1.807, 2.05) is 171 Å². The van der Waals surface area contributed by atoms with Gasteiger partial charge in [-0.1, -0.05) is 189 Å². The Balaban J connectivity index is 0.000000190. The molecule has 0 unspecified atom stereocenters. The highest BCUT2D eigenvalue weighted by atomic mass is 16.5. The summed E-state index contributed by atoms with van der Waals surface area (Å²) in [5, 5.41) is 17.7. The molecular weight excluding hydrogens is 1580 g/mol. The van der Waals surface area contributed by atoms with E-state index in [9.17, 15) is 38.4 Å². The van der Waals surface area contributed by atoms with Crippen LogP contribution in [0.25, 0.3) is 68.8 Å². The number of ether oxygens (including phenoxy) is 1. The lowest BCUT2D eigenvalue weighted by molar-refractivity contribution is -0.139. The van der Waals surface area contributed by atoms with Gasteiger partial charge in [0.2, 0.25) is 23.6 Å². The number of carboxylic acid groups (broad SMARTS) is 2. The zero-order valence-corrected chi connectivity index (χ0v) is 74.6.